The first-order valence-corrected chi connectivity index (χ1v) is 7.51. The summed E-state index contributed by atoms with van der Waals surface area (Å²) in [6.07, 6.45) is 0. The molecule has 2 rings (SSSR count). The van der Waals surface area contributed by atoms with E-state index in [9.17, 15) is 0 Å². The van der Waals surface area contributed by atoms with Crippen LogP contribution in [0.15, 0.2) is 23.2 Å². The molecule has 0 fully saturated rings. The van der Waals surface area contributed by atoms with Crippen molar-refractivity contribution in [2.24, 2.45) is 10.7 Å². The van der Waals surface area contributed by atoms with Gasteiger partial charge in [-0.1, -0.05) is 49.3 Å². The van der Waals surface area contributed by atoms with Crippen molar-refractivity contribution in [3.05, 3.63) is 29.3 Å². The molecule has 0 amide bonds. The lowest BCUT2D eigenvalue weighted by atomic mass is 10.1. The van der Waals surface area contributed by atoms with Gasteiger partial charge in [0.05, 0.1) is 8.80 Å². The first kappa shape index (κ1) is 11.1. The van der Waals surface area contributed by atoms with Crippen molar-refractivity contribution in [3.8, 4) is 0 Å². The van der Waals surface area contributed by atoms with Gasteiger partial charge in [0.1, 0.15) is 5.84 Å². The zero-order valence-corrected chi connectivity index (χ0v) is 10.7. The van der Waals surface area contributed by atoms with E-state index in [0.717, 1.165) is 11.1 Å². The Morgan fingerprint density at radius 3 is 2.56 bits per heavy atom. The number of hydrogen-bond acceptors (Lipinski definition) is 2. The van der Waals surface area contributed by atoms with Crippen molar-refractivity contribution in [3.63, 3.8) is 0 Å². The molecule has 4 heteroatoms. The number of fused-ring (bicyclic) bond motifs is 1. The molecule has 1 aliphatic heterocycles. The van der Waals surface area contributed by atoms with E-state index in [1.165, 1.54) is 17.3 Å². The Labute approximate surface area is 97.5 Å². The Hall–Kier alpha value is -1.42. The van der Waals surface area contributed by atoms with Gasteiger partial charge in [0.25, 0.3) is 0 Å². The molecule has 3 nitrogen and oxygen atoms in total. The fourth-order valence-electron chi connectivity index (χ4n) is 2.08. The number of rotatable bonds is 3. The molecule has 1 aliphatic rings. The van der Waals surface area contributed by atoms with Gasteiger partial charge in [-0.2, -0.15) is 0 Å². The lowest BCUT2D eigenvalue weighted by Crippen LogP contribution is -2.29. The number of benzene rings is 1. The topological polar surface area (TPSA) is 62.2 Å². The van der Waals surface area contributed by atoms with Crippen molar-refractivity contribution in [1.29, 1.82) is 5.41 Å². The van der Waals surface area contributed by atoms with Gasteiger partial charge in [-0.3, -0.25) is 5.41 Å². The average Bonchev–Trinajstić information content (AvgIpc) is 2.57. The molecule has 0 unspecified atom stereocenters. The Morgan fingerprint density at radius 2 is 1.94 bits per heavy atom. The summed E-state index contributed by atoms with van der Waals surface area (Å²) in [6.45, 7) is 4.47. The van der Waals surface area contributed by atoms with Crippen molar-refractivity contribution >= 4 is 25.7 Å². The third-order valence-electron chi connectivity index (χ3n) is 3.04. The Kier molecular flexibility index (Phi) is 2.92. The molecule has 1 heterocycles. The lowest BCUT2D eigenvalue weighted by Gasteiger charge is -2.12. The summed E-state index contributed by atoms with van der Waals surface area (Å²) in [6, 6.07) is 8.73. The van der Waals surface area contributed by atoms with Crippen molar-refractivity contribution < 1.29 is 0 Å². The van der Waals surface area contributed by atoms with Crippen LogP contribution in [0.1, 0.15) is 25.0 Å². The molecule has 0 saturated carbocycles. The van der Waals surface area contributed by atoms with Crippen LogP contribution in [0.2, 0.25) is 12.1 Å². The Morgan fingerprint density at radius 1 is 1.25 bits per heavy atom. The van der Waals surface area contributed by atoms with E-state index < -0.39 is 8.80 Å². The van der Waals surface area contributed by atoms with Crippen LogP contribution in [0, 0.1) is 5.41 Å². The molecule has 3 N–H and O–H groups in total. The normalized spacial score (nSPS) is 14.2. The summed E-state index contributed by atoms with van der Waals surface area (Å²) < 4.78 is 0. The summed E-state index contributed by atoms with van der Waals surface area (Å²) in [5.74, 6) is 0.788. The van der Waals surface area contributed by atoms with Crippen molar-refractivity contribution in [1.82, 2.24) is 0 Å². The second-order valence-corrected chi connectivity index (χ2v) is 7.12. The van der Waals surface area contributed by atoms with Gasteiger partial charge in [0.2, 0.25) is 0 Å². The number of aliphatic imine (C=N–C) groups is 1. The predicted molar refractivity (Wildman–Crippen MR) is 70.3 cm³/mol. The first-order chi connectivity index (χ1) is 7.67. The molecule has 0 aliphatic carbocycles. The van der Waals surface area contributed by atoms with E-state index in [4.69, 9.17) is 11.1 Å². The van der Waals surface area contributed by atoms with Gasteiger partial charge in [-0.25, -0.2) is 4.99 Å². The summed E-state index contributed by atoms with van der Waals surface area (Å²) in [5, 5.41) is 9.15. The largest absolute Gasteiger partial charge is 0.383 e. The molecule has 1 aromatic carbocycles. The summed E-state index contributed by atoms with van der Waals surface area (Å²) >= 11 is 0. The molecule has 1 aromatic rings. The second kappa shape index (κ2) is 4.21. The average molecular weight is 230 g/mol. The fourth-order valence-corrected chi connectivity index (χ4v) is 4.07. The number of nitrogens with one attached hydrogen (secondary N) is 1. The molecule has 0 aromatic heterocycles. The van der Waals surface area contributed by atoms with Crippen molar-refractivity contribution in [2.45, 2.75) is 25.9 Å². The third-order valence-corrected chi connectivity index (χ3v) is 5.88. The molecule has 16 heavy (non-hydrogen) atoms. The smallest absolute Gasteiger partial charge is 0.154 e. The fraction of sp³-hybridized carbons (Fsp3) is 0.333. The van der Waals surface area contributed by atoms with Crippen LogP contribution in [-0.4, -0.2) is 20.5 Å². The number of amidine groups is 2. The second-order valence-electron chi connectivity index (χ2n) is 3.92. The molecule has 0 atom stereocenters. The van der Waals surface area contributed by atoms with Gasteiger partial charge >= 0.3 is 0 Å². The van der Waals surface area contributed by atoms with E-state index in [2.05, 4.69) is 31.0 Å². The number of nitrogens with two attached hydrogens (primary N) is 1. The zero-order chi connectivity index (χ0) is 11.7. The van der Waals surface area contributed by atoms with Crippen LogP contribution in [-0.2, 0) is 0 Å². The van der Waals surface area contributed by atoms with E-state index in [1.54, 1.807) is 0 Å². The first-order valence-electron chi connectivity index (χ1n) is 5.60. The minimum absolute atomic E-state index is 0.308. The SMILES string of the molecule is CC[Si](CC)c1ccc2c(c1)C(=N)N=C2N. The van der Waals surface area contributed by atoms with E-state index in [-0.39, 0.29) is 0 Å². The van der Waals surface area contributed by atoms with Crippen LogP contribution in [0.25, 0.3) is 0 Å². The van der Waals surface area contributed by atoms with Crippen LogP contribution in [0.3, 0.4) is 0 Å². The van der Waals surface area contributed by atoms with Crippen LogP contribution in [0.4, 0.5) is 0 Å². The zero-order valence-electron chi connectivity index (χ0n) is 9.67. The molecular weight excluding hydrogens is 214 g/mol. The minimum Gasteiger partial charge on any atom is -0.383 e. The standard InChI is InChI=1S/C12H16N3Si/c1-3-16(4-2)8-5-6-9-10(7-8)12(14)15-11(9)13/h5-7H,3-4H2,1-2H3,(H3,13,14,15). The number of hydrogen-bond donors (Lipinski definition) is 2. The summed E-state index contributed by atoms with van der Waals surface area (Å²) in [7, 11) is -0.450. The summed E-state index contributed by atoms with van der Waals surface area (Å²) in [5.41, 5.74) is 7.57. The highest BCUT2D eigenvalue weighted by Gasteiger charge is 2.20. The number of nitrogens with zero attached hydrogens (tertiary/aromatic N) is 1. The van der Waals surface area contributed by atoms with Gasteiger partial charge in [0, 0.05) is 11.1 Å². The van der Waals surface area contributed by atoms with E-state index >= 15 is 0 Å². The molecular formula is C12H16N3Si. The molecule has 0 saturated heterocycles. The van der Waals surface area contributed by atoms with E-state index in [1.807, 2.05) is 6.07 Å². The summed E-state index contributed by atoms with van der Waals surface area (Å²) in [4.78, 5) is 4.00. The van der Waals surface area contributed by atoms with Gasteiger partial charge < -0.3 is 5.73 Å². The van der Waals surface area contributed by atoms with Crippen LogP contribution < -0.4 is 10.9 Å². The highest BCUT2D eigenvalue weighted by Crippen LogP contribution is 2.16. The molecule has 0 spiro atoms. The molecule has 0 bridgehead atoms. The van der Waals surface area contributed by atoms with Gasteiger partial charge in [-0.15, -0.1) is 0 Å². The highest BCUT2D eigenvalue weighted by molar-refractivity contribution is 6.73. The lowest BCUT2D eigenvalue weighted by molar-refractivity contribution is 1.33. The minimum atomic E-state index is -0.450. The molecule has 1 radical (unpaired) electrons. The Bertz CT molecular complexity index is 461. The third kappa shape index (κ3) is 1.69. The van der Waals surface area contributed by atoms with Crippen molar-refractivity contribution in [2.75, 3.05) is 0 Å². The van der Waals surface area contributed by atoms with Crippen LogP contribution >= 0.6 is 0 Å². The Balaban J connectivity index is 2.42. The maximum Gasteiger partial charge on any atom is 0.154 e. The maximum atomic E-state index is 7.76. The maximum absolute atomic E-state index is 7.76. The van der Waals surface area contributed by atoms with E-state index in [0.29, 0.717) is 11.7 Å². The monoisotopic (exact) mass is 230 g/mol. The molecule has 83 valence electrons. The quantitative estimate of drug-likeness (QED) is 0.759. The van der Waals surface area contributed by atoms with Gasteiger partial charge in [-0.05, 0) is 0 Å². The van der Waals surface area contributed by atoms with Crippen LogP contribution in [0.5, 0.6) is 0 Å². The highest BCUT2D eigenvalue weighted by atomic mass is 28.3. The van der Waals surface area contributed by atoms with Gasteiger partial charge in [0.15, 0.2) is 5.84 Å². The predicted octanol–water partition coefficient (Wildman–Crippen LogP) is 1.47.